The van der Waals surface area contributed by atoms with Gasteiger partial charge in [0.05, 0.1) is 0 Å². The molecule has 104 valence electrons. The van der Waals surface area contributed by atoms with Gasteiger partial charge >= 0.3 is 0 Å². The zero-order valence-electron chi connectivity index (χ0n) is 12.0. The van der Waals surface area contributed by atoms with Crippen molar-refractivity contribution < 1.29 is 0 Å². The molecule has 0 aliphatic carbocycles. The maximum atomic E-state index is 2.28. The molecule has 0 fully saturated rings. The number of hydrogen-bond acceptors (Lipinski definition) is 3. The molecule has 0 radical (unpaired) electrons. The van der Waals surface area contributed by atoms with Crippen molar-refractivity contribution in [2.75, 3.05) is 0 Å². The lowest BCUT2D eigenvalue weighted by molar-refractivity contribution is 1.06. The van der Waals surface area contributed by atoms with E-state index in [0.717, 1.165) is 12.8 Å². The topological polar surface area (TPSA) is 0 Å². The first-order valence-electron chi connectivity index (χ1n) is 6.99. The Hall–Kier alpha value is -0.900. The summed E-state index contributed by atoms with van der Waals surface area (Å²) >= 11 is 5.75. The van der Waals surface area contributed by atoms with Crippen molar-refractivity contribution in [3.63, 3.8) is 0 Å². The Morgan fingerprint density at radius 2 is 1.55 bits per heavy atom. The van der Waals surface area contributed by atoms with Gasteiger partial charge < -0.3 is 0 Å². The second-order valence-corrected chi connectivity index (χ2v) is 8.07. The Labute approximate surface area is 132 Å². The van der Waals surface area contributed by atoms with Gasteiger partial charge in [-0.2, -0.15) is 0 Å². The lowest BCUT2D eigenvalue weighted by Crippen LogP contribution is -1.88. The summed E-state index contributed by atoms with van der Waals surface area (Å²) in [6.45, 7) is 6.75. The SMILES string of the molecule is CCc1c(-c2cccs2)sc(-c2ccc(C)s2)c1CC. The van der Waals surface area contributed by atoms with Gasteiger partial charge in [-0.15, -0.1) is 34.0 Å². The van der Waals surface area contributed by atoms with Crippen molar-refractivity contribution in [1.82, 2.24) is 0 Å². The van der Waals surface area contributed by atoms with Gasteiger partial charge in [-0.05, 0) is 54.5 Å². The van der Waals surface area contributed by atoms with Crippen molar-refractivity contribution in [2.45, 2.75) is 33.6 Å². The lowest BCUT2D eigenvalue weighted by Gasteiger charge is -2.03. The molecule has 0 N–H and O–H groups in total. The largest absolute Gasteiger partial charge is 0.143 e. The van der Waals surface area contributed by atoms with Gasteiger partial charge in [0.15, 0.2) is 0 Å². The zero-order chi connectivity index (χ0) is 14.1. The van der Waals surface area contributed by atoms with Crippen LogP contribution in [0, 0.1) is 6.92 Å². The molecule has 0 unspecified atom stereocenters. The number of rotatable bonds is 4. The van der Waals surface area contributed by atoms with Crippen LogP contribution in [0.15, 0.2) is 29.6 Å². The summed E-state index contributed by atoms with van der Waals surface area (Å²) in [4.78, 5) is 7.22. The van der Waals surface area contributed by atoms with Gasteiger partial charge in [0.1, 0.15) is 0 Å². The van der Waals surface area contributed by atoms with E-state index in [1.807, 2.05) is 34.0 Å². The Kier molecular flexibility index (Phi) is 4.11. The Balaban J connectivity index is 2.20. The van der Waals surface area contributed by atoms with Crippen molar-refractivity contribution in [3.05, 3.63) is 45.6 Å². The van der Waals surface area contributed by atoms with E-state index in [9.17, 15) is 0 Å². The molecular formula is C17H18S3. The average molecular weight is 319 g/mol. The molecule has 3 heterocycles. The molecule has 0 nitrogen and oxygen atoms in total. The molecule has 0 aromatic carbocycles. The van der Waals surface area contributed by atoms with Gasteiger partial charge in [-0.1, -0.05) is 19.9 Å². The fourth-order valence-electron chi connectivity index (χ4n) is 2.61. The predicted octanol–water partition coefficient (Wildman–Crippen LogP) is 6.64. The van der Waals surface area contributed by atoms with Crippen LogP contribution in [0.3, 0.4) is 0 Å². The number of hydrogen-bond donors (Lipinski definition) is 0. The monoisotopic (exact) mass is 318 g/mol. The summed E-state index contributed by atoms with van der Waals surface area (Å²) in [5.74, 6) is 0. The Bertz CT molecular complexity index is 699. The van der Waals surface area contributed by atoms with E-state index in [-0.39, 0.29) is 0 Å². The average Bonchev–Trinajstić information content (AvgIpc) is 3.16. The highest BCUT2D eigenvalue weighted by Crippen LogP contribution is 2.45. The van der Waals surface area contributed by atoms with E-state index >= 15 is 0 Å². The minimum Gasteiger partial charge on any atom is -0.143 e. The van der Waals surface area contributed by atoms with Crippen LogP contribution in [-0.4, -0.2) is 0 Å². The molecule has 20 heavy (non-hydrogen) atoms. The van der Waals surface area contributed by atoms with Gasteiger partial charge in [0.25, 0.3) is 0 Å². The third kappa shape index (κ3) is 2.39. The molecule has 0 saturated heterocycles. The van der Waals surface area contributed by atoms with Crippen molar-refractivity contribution in [2.24, 2.45) is 0 Å². The summed E-state index contributed by atoms with van der Waals surface area (Å²) in [5, 5.41) is 2.18. The fraction of sp³-hybridized carbons (Fsp3) is 0.294. The van der Waals surface area contributed by atoms with Crippen LogP contribution >= 0.6 is 34.0 Å². The lowest BCUT2D eigenvalue weighted by atomic mass is 10.0. The first-order valence-corrected chi connectivity index (χ1v) is 9.51. The van der Waals surface area contributed by atoms with Crippen molar-refractivity contribution >= 4 is 34.0 Å². The van der Waals surface area contributed by atoms with Crippen LogP contribution in [0.1, 0.15) is 29.9 Å². The molecule has 0 spiro atoms. The first-order chi connectivity index (χ1) is 9.74. The second-order valence-electron chi connectivity index (χ2n) is 4.81. The van der Waals surface area contributed by atoms with Crippen molar-refractivity contribution in [3.8, 4) is 19.5 Å². The molecular weight excluding hydrogens is 300 g/mol. The van der Waals surface area contributed by atoms with E-state index in [1.54, 1.807) is 11.1 Å². The molecule has 3 heteroatoms. The molecule has 0 aliphatic rings. The Morgan fingerprint density at radius 1 is 0.850 bits per heavy atom. The molecule has 3 rings (SSSR count). The number of aryl methyl sites for hydroxylation is 1. The smallest absolute Gasteiger partial charge is 0.0484 e. The molecule has 0 atom stereocenters. The summed E-state index contributed by atoms with van der Waals surface area (Å²) in [6, 6.07) is 8.91. The quantitative estimate of drug-likeness (QED) is 0.506. The van der Waals surface area contributed by atoms with E-state index in [0.29, 0.717) is 0 Å². The number of thiophene rings is 3. The van der Waals surface area contributed by atoms with E-state index < -0.39 is 0 Å². The highest BCUT2D eigenvalue weighted by molar-refractivity contribution is 7.26. The normalized spacial score (nSPS) is 11.2. The van der Waals surface area contributed by atoms with E-state index in [1.165, 1.54) is 24.4 Å². The molecule has 3 aromatic heterocycles. The predicted molar refractivity (Wildman–Crippen MR) is 94.4 cm³/mol. The molecule has 0 amide bonds. The summed E-state index contributed by atoms with van der Waals surface area (Å²) < 4.78 is 0. The molecule has 0 saturated carbocycles. The van der Waals surface area contributed by atoms with Crippen LogP contribution in [0.5, 0.6) is 0 Å². The minimum atomic E-state index is 1.12. The summed E-state index contributed by atoms with van der Waals surface area (Å²) in [6.07, 6.45) is 2.24. The first kappa shape index (κ1) is 14.1. The van der Waals surface area contributed by atoms with E-state index in [4.69, 9.17) is 0 Å². The van der Waals surface area contributed by atoms with Gasteiger partial charge in [-0.25, -0.2) is 0 Å². The standard InChI is InChI=1S/C17H18S3/c1-4-12-13(5-2)17(15-9-8-11(3)19-15)20-16(12)14-7-6-10-18-14/h6-10H,4-5H2,1-3H3. The van der Waals surface area contributed by atoms with E-state index in [2.05, 4.69) is 50.4 Å². The zero-order valence-corrected chi connectivity index (χ0v) is 14.5. The maximum Gasteiger partial charge on any atom is 0.0484 e. The van der Waals surface area contributed by atoms with Crippen molar-refractivity contribution in [1.29, 1.82) is 0 Å². The highest BCUT2D eigenvalue weighted by Gasteiger charge is 2.19. The second kappa shape index (κ2) is 5.84. The van der Waals surface area contributed by atoms with Crippen LogP contribution < -0.4 is 0 Å². The van der Waals surface area contributed by atoms with Crippen LogP contribution in [-0.2, 0) is 12.8 Å². The van der Waals surface area contributed by atoms with Crippen LogP contribution in [0.2, 0.25) is 0 Å². The van der Waals surface area contributed by atoms with Gasteiger partial charge in [-0.3, -0.25) is 0 Å². The maximum absolute atomic E-state index is 2.28. The highest BCUT2D eigenvalue weighted by atomic mass is 32.1. The van der Waals surface area contributed by atoms with Crippen LogP contribution in [0.25, 0.3) is 19.5 Å². The fourth-order valence-corrected chi connectivity index (χ4v) is 5.98. The third-order valence-electron chi connectivity index (χ3n) is 3.53. The minimum absolute atomic E-state index is 1.12. The summed E-state index contributed by atoms with van der Waals surface area (Å²) in [5.41, 5.74) is 3.11. The van der Waals surface area contributed by atoms with Crippen LogP contribution in [0.4, 0.5) is 0 Å². The van der Waals surface area contributed by atoms with Gasteiger partial charge in [0.2, 0.25) is 0 Å². The Morgan fingerprint density at radius 3 is 2.05 bits per heavy atom. The third-order valence-corrected chi connectivity index (χ3v) is 7.04. The molecule has 0 aliphatic heterocycles. The molecule has 0 bridgehead atoms. The van der Waals surface area contributed by atoms with Gasteiger partial charge in [0, 0.05) is 24.4 Å². The summed E-state index contributed by atoms with van der Waals surface area (Å²) in [7, 11) is 0. The molecule has 3 aromatic rings.